The summed E-state index contributed by atoms with van der Waals surface area (Å²) in [5, 5.41) is 4.82. The third-order valence-corrected chi connectivity index (χ3v) is 5.97. The number of hydrogen-bond donors (Lipinski definition) is 0. The number of carbonyl (C=O) groups is 1. The van der Waals surface area contributed by atoms with Crippen molar-refractivity contribution < 1.29 is 9.53 Å². The summed E-state index contributed by atoms with van der Waals surface area (Å²) in [5.74, 6) is -0.589. The highest BCUT2D eigenvalue weighted by Gasteiger charge is 2.27. The van der Waals surface area contributed by atoms with E-state index < -0.39 is 5.97 Å². The third kappa shape index (κ3) is 2.87. The van der Waals surface area contributed by atoms with Crippen molar-refractivity contribution in [2.24, 2.45) is 0 Å². The van der Waals surface area contributed by atoms with E-state index >= 15 is 0 Å². The van der Waals surface area contributed by atoms with Crippen LogP contribution in [0.2, 0.25) is 0 Å². The fourth-order valence-electron chi connectivity index (χ4n) is 4.51. The van der Waals surface area contributed by atoms with Crippen molar-refractivity contribution in [1.29, 1.82) is 0 Å². The first-order valence-corrected chi connectivity index (χ1v) is 10.8. The van der Waals surface area contributed by atoms with Crippen molar-refractivity contribution in [3.63, 3.8) is 0 Å². The largest absolute Gasteiger partial charge is 0.460 e. The van der Waals surface area contributed by atoms with E-state index in [-0.39, 0.29) is 23.8 Å². The average Bonchev–Trinajstić information content (AvgIpc) is 3.24. The van der Waals surface area contributed by atoms with Gasteiger partial charge in [0.25, 0.3) is 5.56 Å². The topological polar surface area (TPSA) is 91.4 Å². The molecule has 0 N–H and O–H groups in total. The highest BCUT2D eigenvalue weighted by molar-refractivity contribution is 5.96. The van der Waals surface area contributed by atoms with Gasteiger partial charge in [0.1, 0.15) is 0 Å². The molecule has 0 aliphatic heterocycles. The number of rotatable bonds is 3. The highest BCUT2D eigenvalue weighted by Crippen LogP contribution is 2.36. The molecule has 1 aliphatic carbocycles. The maximum atomic E-state index is 14.0. The Labute approximate surface area is 188 Å². The smallest absolute Gasteiger partial charge is 0.376 e. The van der Waals surface area contributed by atoms with E-state index in [1.54, 1.807) is 13.1 Å². The van der Waals surface area contributed by atoms with Crippen LogP contribution in [0.1, 0.15) is 28.7 Å². The summed E-state index contributed by atoms with van der Waals surface area (Å²) in [5.41, 5.74) is 4.60. The van der Waals surface area contributed by atoms with Crippen LogP contribution in [0.25, 0.3) is 33.6 Å². The van der Waals surface area contributed by atoms with Gasteiger partial charge in [-0.1, -0.05) is 42.5 Å². The molecule has 0 radical (unpaired) electrons. The van der Waals surface area contributed by atoms with E-state index in [1.165, 1.54) is 14.6 Å². The van der Waals surface area contributed by atoms with Crippen LogP contribution < -0.4 is 5.56 Å². The number of nitrogens with zero attached hydrogens (tertiary/aromatic N) is 5. The van der Waals surface area contributed by atoms with Gasteiger partial charge in [-0.05, 0) is 48.6 Å². The predicted molar refractivity (Wildman–Crippen MR) is 123 cm³/mol. The Kier molecular flexibility index (Phi) is 4.33. The zero-order valence-electron chi connectivity index (χ0n) is 17.9. The van der Waals surface area contributed by atoms with Crippen molar-refractivity contribution in [3.05, 3.63) is 88.1 Å². The number of fused-ring (bicyclic) bond motifs is 6. The third-order valence-electron chi connectivity index (χ3n) is 5.97. The number of ether oxygens (including phenoxy) is 1. The lowest BCUT2D eigenvalue weighted by molar-refractivity contribution is 0.0509. The quantitative estimate of drug-likeness (QED) is 0.402. The van der Waals surface area contributed by atoms with Crippen molar-refractivity contribution in [2.45, 2.75) is 19.8 Å². The normalized spacial score (nSPS) is 12.5. The number of para-hydroxylation sites is 1. The number of aromatic nitrogens is 5. The molecule has 0 saturated carbocycles. The Hall–Kier alpha value is -4.33. The maximum Gasteiger partial charge on any atom is 0.376 e. The standard InChI is InChI=1S/C25H19N5O3/c1-2-33-24(32)22-28-30(17-9-4-3-5-10-17)25-27-21-20(23(31)29(22)25)19-16(14-26-21)13-12-15-8-6-7-11-18(15)19/h3-11,14H,2,12-13H2,1H3. The predicted octanol–water partition coefficient (Wildman–Crippen LogP) is 3.37. The second-order valence-corrected chi connectivity index (χ2v) is 7.86. The summed E-state index contributed by atoms with van der Waals surface area (Å²) in [6.07, 6.45) is 3.46. The number of aryl methyl sites for hydroxylation is 2. The number of benzene rings is 2. The first-order valence-electron chi connectivity index (χ1n) is 10.8. The van der Waals surface area contributed by atoms with Crippen molar-refractivity contribution in [1.82, 2.24) is 24.1 Å². The van der Waals surface area contributed by atoms with Gasteiger partial charge in [0.15, 0.2) is 5.65 Å². The molecule has 6 rings (SSSR count). The molecule has 0 unspecified atom stereocenters. The molecule has 5 aromatic rings. The minimum absolute atomic E-state index is 0.114. The number of pyridine rings is 1. The van der Waals surface area contributed by atoms with E-state index in [0.717, 1.165) is 29.5 Å². The second kappa shape index (κ2) is 7.37. The molecule has 3 heterocycles. The van der Waals surface area contributed by atoms with Gasteiger partial charge in [-0.25, -0.2) is 14.2 Å². The zero-order chi connectivity index (χ0) is 22.5. The molecule has 1 aliphatic rings. The SMILES string of the molecule is CCOC(=O)c1nn(-c2ccccc2)c2nc3ncc4c(c3c(=O)n12)-c1ccccc1CC4. The molecule has 33 heavy (non-hydrogen) atoms. The number of hydrogen-bond acceptors (Lipinski definition) is 6. The van der Waals surface area contributed by atoms with E-state index in [4.69, 9.17) is 9.72 Å². The van der Waals surface area contributed by atoms with Crippen LogP contribution in [0, 0.1) is 0 Å². The van der Waals surface area contributed by atoms with Gasteiger partial charge >= 0.3 is 5.97 Å². The minimum atomic E-state index is -0.682. The molecule has 162 valence electrons. The molecular formula is C25H19N5O3. The molecule has 0 fully saturated rings. The van der Waals surface area contributed by atoms with Gasteiger partial charge in [0, 0.05) is 11.8 Å². The summed E-state index contributed by atoms with van der Waals surface area (Å²) in [6.45, 7) is 1.88. The minimum Gasteiger partial charge on any atom is -0.460 e. The fourth-order valence-corrected chi connectivity index (χ4v) is 4.51. The Morgan fingerprint density at radius 2 is 1.79 bits per heavy atom. The van der Waals surface area contributed by atoms with E-state index in [0.29, 0.717) is 16.7 Å². The molecule has 0 atom stereocenters. The van der Waals surface area contributed by atoms with Crippen molar-refractivity contribution in [2.75, 3.05) is 6.61 Å². The molecule has 0 spiro atoms. The summed E-state index contributed by atoms with van der Waals surface area (Å²) in [6, 6.07) is 17.3. The monoisotopic (exact) mass is 437 g/mol. The van der Waals surface area contributed by atoms with Gasteiger partial charge in [0.05, 0.1) is 17.7 Å². The van der Waals surface area contributed by atoms with Gasteiger partial charge in [0.2, 0.25) is 11.6 Å². The van der Waals surface area contributed by atoms with Gasteiger partial charge in [-0.15, -0.1) is 5.10 Å². The first-order chi connectivity index (χ1) is 16.2. The number of esters is 1. The van der Waals surface area contributed by atoms with E-state index in [9.17, 15) is 9.59 Å². The van der Waals surface area contributed by atoms with Gasteiger partial charge in [-0.3, -0.25) is 4.79 Å². The van der Waals surface area contributed by atoms with Crippen LogP contribution in [0.3, 0.4) is 0 Å². The highest BCUT2D eigenvalue weighted by atomic mass is 16.5. The van der Waals surface area contributed by atoms with Crippen molar-refractivity contribution in [3.8, 4) is 16.8 Å². The second-order valence-electron chi connectivity index (χ2n) is 7.86. The fraction of sp³-hybridized carbons (Fsp3) is 0.160. The summed E-state index contributed by atoms with van der Waals surface area (Å²) in [7, 11) is 0. The molecule has 2 aromatic carbocycles. The Bertz CT molecular complexity index is 1620. The Morgan fingerprint density at radius 1 is 1.03 bits per heavy atom. The Morgan fingerprint density at radius 3 is 2.61 bits per heavy atom. The molecule has 8 heteroatoms. The zero-order valence-corrected chi connectivity index (χ0v) is 17.9. The van der Waals surface area contributed by atoms with Crippen molar-refractivity contribution >= 4 is 22.8 Å². The first kappa shape index (κ1) is 19.4. The molecule has 3 aromatic heterocycles. The molecular weight excluding hydrogens is 418 g/mol. The molecule has 0 saturated heterocycles. The Balaban J connectivity index is 1.75. The van der Waals surface area contributed by atoms with Gasteiger partial charge in [-0.2, -0.15) is 9.67 Å². The van der Waals surface area contributed by atoms with Crippen LogP contribution in [0.4, 0.5) is 0 Å². The lowest BCUT2D eigenvalue weighted by atomic mass is 9.85. The van der Waals surface area contributed by atoms with Crippen LogP contribution in [0.5, 0.6) is 0 Å². The van der Waals surface area contributed by atoms with E-state index in [2.05, 4.69) is 16.1 Å². The maximum absolute atomic E-state index is 14.0. The summed E-state index contributed by atoms with van der Waals surface area (Å²) in [4.78, 5) is 36.0. The van der Waals surface area contributed by atoms with Crippen LogP contribution in [-0.2, 0) is 17.6 Å². The molecule has 0 bridgehead atoms. The number of carbonyl (C=O) groups excluding carboxylic acids is 1. The molecule has 0 amide bonds. The van der Waals surface area contributed by atoms with Crippen LogP contribution >= 0.6 is 0 Å². The van der Waals surface area contributed by atoms with E-state index in [1.807, 2.05) is 48.5 Å². The average molecular weight is 437 g/mol. The van der Waals surface area contributed by atoms with Crippen LogP contribution in [0.15, 0.2) is 65.6 Å². The molecule has 8 nitrogen and oxygen atoms in total. The summed E-state index contributed by atoms with van der Waals surface area (Å²) < 4.78 is 7.92. The van der Waals surface area contributed by atoms with Crippen LogP contribution in [-0.4, -0.2) is 36.7 Å². The summed E-state index contributed by atoms with van der Waals surface area (Å²) >= 11 is 0. The lowest BCUT2D eigenvalue weighted by Gasteiger charge is -2.20. The lowest BCUT2D eigenvalue weighted by Crippen LogP contribution is -2.22. The van der Waals surface area contributed by atoms with Gasteiger partial charge < -0.3 is 4.74 Å².